The molecule has 2 N–H and O–H groups in total. The third-order valence-electron chi connectivity index (χ3n) is 8.39. The van der Waals surface area contributed by atoms with E-state index in [0.29, 0.717) is 24.3 Å². The Morgan fingerprint density at radius 2 is 1.77 bits per heavy atom. The van der Waals surface area contributed by atoms with E-state index in [1.54, 1.807) is 6.33 Å². The molecule has 10 heteroatoms. The molecule has 0 unspecified atom stereocenters. The number of fused-ring (bicyclic) bond motifs is 3. The van der Waals surface area contributed by atoms with Gasteiger partial charge < -0.3 is 20.4 Å². The molecule has 2 aromatic rings. The molecule has 1 saturated heterocycles. The number of nitrogens with zero attached hydrogens (tertiary/aromatic N) is 6. The molecule has 6 rings (SSSR count). The molecular formula is C25H34F2N8. The van der Waals surface area contributed by atoms with Gasteiger partial charge >= 0.3 is 0 Å². The van der Waals surface area contributed by atoms with E-state index < -0.39 is 5.92 Å². The van der Waals surface area contributed by atoms with Crippen LogP contribution in [0, 0.1) is 18.8 Å². The third-order valence-corrected chi connectivity index (χ3v) is 8.39. The van der Waals surface area contributed by atoms with Crippen LogP contribution in [0.15, 0.2) is 12.4 Å². The summed E-state index contributed by atoms with van der Waals surface area (Å²) in [6, 6.07) is 2.16. The van der Waals surface area contributed by atoms with Crippen molar-refractivity contribution in [1.82, 2.24) is 19.9 Å². The number of halogens is 2. The highest BCUT2D eigenvalue weighted by Crippen LogP contribution is 2.50. The number of hydrogen-bond donors (Lipinski definition) is 2. The number of anilines is 4. The van der Waals surface area contributed by atoms with Gasteiger partial charge in [0, 0.05) is 74.3 Å². The standard InChI is InChI=1S/C25H34F2N8/c1-14-7-18(30-13-29-14)34-10-15-5-6-16(11-34)20(15)31-23-32-21(28-4)19-22(33-23)35(12-24(19,2)3)17-8-25(26,27)9-17/h7,13,15-17,20H,5-6,8-12H2,1-4H3,(H2,28,31,32,33)/t15-,16+,20-. The van der Waals surface area contributed by atoms with Crippen molar-refractivity contribution in [3.8, 4) is 0 Å². The first-order valence-corrected chi connectivity index (χ1v) is 12.7. The highest BCUT2D eigenvalue weighted by molar-refractivity contribution is 5.70. The third kappa shape index (κ3) is 3.85. The second-order valence-corrected chi connectivity index (χ2v) is 11.5. The number of aryl methyl sites for hydroxylation is 1. The maximum absolute atomic E-state index is 13.7. The number of alkyl halides is 2. The van der Waals surface area contributed by atoms with Crippen LogP contribution >= 0.6 is 0 Å². The van der Waals surface area contributed by atoms with Crippen LogP contribution in [0.3, 0.4) is 0 Å². The predicted octanol–water partition coefficient (Wildman–Crippen LogP) is 3.84. The molecule has 3 atom stereocenters. The number of hydrogen-bond acceptors (Lipinski definition) is 8. The largest absolute Gasteiger partial charge is 0.373 e. The molecule has 2 saturated carbocycles. The van der Waals surface area contributed by atoms with Gasteiger partial charge in [0.1, 0.15) is 23.8 Å². The van der Waals surface area contributed by atoms with Gasteiger partial charge in [-0.25, -0.2) is 18.7 Å². The molecule has 2 aliphatic heterocycles. The van der Waals surface area contributed by atoms with Gasteiger partial charge in [-0.2, -0.15) is 9.97 Å². The summed E-state index contributed by atoms with van der Waals surface area (Å²) in [4.78, 5) is 23.0. The van der Waals surface area contributed by atoms with Crippen LogP contribution in [0.25, 0.3) is 0 Å². The van der Waals surface area contributed by atoms with Crippen molar-refractivity contribution in [3.05, 3.63) is 23.7 Å². The first-order chi connectivity index (χ1) is 16.6. The Bertz CT molecular complexity index is 1120. The van der Waals surface area contributed by atoms with Gasteiger partial charge in [0.05, 0.1) is 0 Å². The molecule has 2 aromatic heterocycles. The Kier molecular flexibility index (Phi) is 5.09. The molecule has 0 aromatic carbocycles. The Morgan fingerprint density at radius 1 is 1.06 bits per heavy atom. The van der Waals surface area contributed by atoms with Gasteiger partial charge in [-0.15, -0.1) is 0 Å². The predicted molar refractivity (Wildman–Crippen MR) is 133 cm³/mol. The zero-order chi connectivity index (χ0) is 24.5. The van der Waals surface area contributed by atoms with Crippen LogP contribution in [0.2, 0.25) is 0 Å². The van der Waals surface area contributed by atoms with E-state index >= 15 is 0 Å². The van der Waals surface area contributed by atoms with Gasteiger partial charge in [-0.3, -0.25) is 0 Å². The topological polar surface area (TPSA) is 82.1 Å². The summed E-state index contributed by atoms with van der Waals surface area (Å²) < 4.78 is 27.4. The molecule has 188 valence electrons. The van der Waals surface area contributed by atoms with Crippen molar-refractivity contribution in [1.29, 1.82) is 0 Å². The van der Waals surface area contributed by atoms with E-state index in [2.05, 4.69) is 50.3 Å². The molecule has 2 bridgehead atoms. The maximum atomic E-state index is 13.7. The number of piperidine rings is 1. The zero-order valence-electron chi connectivity index (χ0n) is 20.9. The van der Waals surface area contributed by atoms with E-state index in [1.165, 1.54) is 0 Å². The van der Waals surface area contributed by atoms with Crippen LogP contribution in [0.1, 0.15) is 50.8 Å². The molecule has 35 heavy (non-hydrogen) atoms. The first-order valence-electron chi connectivity index (χ1n) is 12.7. The molecule has 8 nitrogen and oxygen atoms in total. The number of aromatic nitrogens is 4. The lowest BCUT2D eigenvalue weighted by Gasteiger charge is -2.42. The van der Waals surface area contributed by atoms with E-state index in [-0.39, 0.29) is 30.3 Å². The molecule has 4 aliphatic rings. The molecule has 2 aliphatic carbocycles. The average molecular weight is 485 g/mol. The summed E-state index contributed by atoms with van der Waals surface area (Å²) in [5, 5.41) is 6.93. The van der Waals surface area contributed by atoms with Gasteiger partial charge in [0.2, 0.25) is 5.95 Å². The van der Waals surface area contributed by atoms with Crippen molar-refractivity contribution in [2.45, 2.75) is 69.9 Å². The molecule has 0 radical (unpaired) electrons. The fraction of sp³-hybridized carbons (Fsp3) is 0.680. The Morgan fingerprint density at radius 3 is 2.40 bits per heavy atom. The molecule has 4 heterocycles. The highest BCUT2D eigenvalue weighted by atomic mass is 19.3. The van der Waals surface area contributed by atoms with Crippen LogP contribution < -0.4 is 20.4 Å². The van der Waals surface area contributed by atoms with Crippen LogP contribution in [0.4, 0.5) is 32.2 Å². The lowest BCUT2D eigenvalue weighted by atomic mass is 9.85. The lowest BCUT2D eigenvalue weighted by molar-refractivity contribution is -0.0859. The SMILES string of the molecule is CNc1nc(N[C@@H]2[C@@H]3CC[C@H]2CN(c2cc(C)ncn2)C3)nc2c1C(C)(C)CN2C1CC(F)(F)C1. The van der Waals surface area contributed by atoms with Gasteiger partial charge in [0.15, 0.2) is 0 Å². The lowest BCUT2D eigenvalue weighted by Crippen LogP contribution is -2.51. The molecule has 0 spiro atoms. The number of rotatable bonds is 5. The van der Waals surface area contributed by atoms with E-state index in [1.807, 2.05) is 14.0 Å². The van der Waals surface area contributed by atoms with Gasteiger partial charge in [-0.1, -0.05) is 13.8 Å². The van der Waals surface area contributed by atoms with Crippen molar-refractivity contribution in [3.63, 3.8) is 0 Å². The Hall–Kier alpha value is -2.78. The normalized spacial score (nSPS) is 28.6. The quantitative estimate of drug-likeness (QED) is 0.663. The molecule has 0 amide bonds. The molecular weight excluding hydrogens is 450 g/mol. The minimum Gasteiger partial charge on any atom is -0.373 e. The van der Waals surface area contributed by atoms with Crippen LogP contribution in [-0.4, -0.2) is 64.6 Å². The summed E-state index contributed by atoms with van der Waals surface area (Å²) >= 11 is 0. The minimum absolute atomic E-state index is 0.102. The van der Waals surface area contributed by atoms with Gasteiger partial charge in [0.25, 0.3) is 5.92 Å². The summed E-state index contributed by atoms with van der Waals surface area (Å²) in [6.45, 7) is 8.83. The first kappa shape index (κ1) is 22.7. The fourth-order valence-electron chi connectivity index (χ4n) is 6.67. The van der Waals surface area contributed by atoms with E-state index in [4.69, 9.17) is 9.97 Å². The van der Waals surface area contributed by atoms with Crippen molar-refractivity contribution < 1.29 is 8.78 Å². The van der Waals surface area contributed by atoms with E-state index in [9.17, 15) is 8.78 Å². The Labute approximate surface area is 204 Å². The summed E-state index contributed by atoms with van der Waals surface area (Å²) in [5.74, 6) is 1.56. The highest BCUT2D eigenvalue weighted by Gasteiger charge is 2.52. The average Bonchev–Trinajstić information content (AvgIpc) is 3.17. The van der Waals surface area contributed by atoms with Gasteiger partial charge in [-0.05, 0) is 31.6 Å². The summed E-state index contributed by atoms with van der Waals surface area (Å²) in [7, 11) is 1.87. The monoisotopic (exact) mass is 484 g/mol. The second-order valence-electron chi connectivity index (χ2n) is 11.5. The maximum Gasteiger partial charge on any atom is 0.252 e. The Balaban J connectivity index is 1.26. The number of nitrogens with one attached hydrogen (secondary N) is 2. The zero-order valence-corrected chi connectivity index (χ0v) is 20.9. The minimum atomic E-state index is -2.56. The van der Waals surface area contributed by atoms with Crippen LogP contribution in [-0.2, 0) is 5.41 Å². The van der Waals surface area contributed by atoms with Crippen LogP contribution in [0.5, 0.6) is 0 Å². The smallest absolute Gasteiger partial charge is 0.252 e. The van der Waals surface area contributed by atoms with Crippen molar-refractivity contribution in [2.24, 2.45) is 11.8 Å². The summed E-state index contributed by atoms with van der Waals surface area (Å²) in [6.07, 6.45) is 3.75. The van der Waals surface area contributed by atoms with Crippen molar-refractivity contribution >= 4 is 23.4 Å². The van der Waals surface area contributed by atoms with Crippen molar-refractivity contribution in [2.75, 3.05) is 47.1 Å². The second kappa shape index (κ2) is 7.86. The fourth-order valence-corrected chi connectivity index (χ4v) is 6.67. The molecule has 3 fully saturated rings. The van der Waals surface area contributed by atoms with E-state index in [0.717, 1.165) is 54.6 Å². The summed E-state index contributed by atoms with van der Waals surface area (Å²) in [5.41, 5.74) is 1.79.